The Balaban J connectivity index is 3.50. The van der Waals surface area contributed by atoms with Gasteiger partial charge in [0.15, 0.2) is 0 Å². The summed E-state index contributed by atoms with van der Waals surface area (Å²) in [6.07, 6.45) is 2.45. The van der Waals surface area contributed by atoms with Gasteiger partial charge in [-0.25, -0.2) is 0 Å². The standard InChI is InChI=1S/C14H31NO/c1-12(2)8-7-9-16-11-14(5,6)10-15-13(3)4/h12-13,15H,7-11H2,1-6H3. The molecule has 0 aliphatic heterocycles. The quantitative estimate of drug-likeness (QED) is 0.611. The van der Waals surface area contributed by atoms with Crippen LogP contribution in [-0.2, 0) is 4.74 Å². The van der Waals surface area contributed by atoms with Crippen molar-refractivity contribution >= 4 is 0 Å². The highest BCUT2D eigenvalue weighted by Crippen LogP contribution is 2.14. The smallest absolute Gasteiger partial charge is 0.0529 e. The average molecular weight is 229 g/mol. The van der Waals surface area contributed by atoms with E-state index in [-0.39, 0.29) is 5.41 Å². The first-order chi connectivity index (χ1) is 7.33. The van der Waals surface area contributed by atoms with Crippen molar-refractivity contribution < 1.29 is 4.74 Å². The molecule has 0 saturated carbocycles. The maximum absolute atomic E-state index is 5.74. The van der Waals surface area contributed by atoms with E-state index in [1.807, 2.05) is 0 Å². The third-order valence-corrected chi connectivity index (χ3v) is 2.55. The van der Waals surface area contributed by atoms with Crippen LogP contribution in [0.15, 0.2) is 0 Å². The Morgan fingerprint density at radius 2 is 1.75 bits per heavy atom. The van der Waals surface area contributed by atoms with Crippen LogP contribution >= 0.6 is 0 Å². The zero-order valence-electron chi connectivity index (χ0n) is 12.1. The van der Waals surface area contributed by atoms with Gasteiger partial charge in [0.1, 0.15) is 0 Å². The molecule has 0 rings (SSSR count). The third-order valence-electron chi connectivity index (χ3n) is 2.55. The molecule has 1 N–H and O–H groups in total. The Kier molecular flexibility index (Phi) is 8.04. The molecular weight excluding hydrogens is 198 g/mol. The maximum Gasteiger partial charge on any atom is 0.0529 e. The molecule has 16 heavy (non-hydrogen) atoms. The summed E-state index contributed by atoms with van der Waals surface area (Å²) in [7, 11) is 0. The first kappa shape index (κ1) is 15.9. The van der Waals surface area contributed by atoms with Crippen LogP contribution < -0.4 is 5.32 Å². The minimum Gasteiger partial charge on any atom is -0.381 e. The molecule has 0 bridgehead atoms. The second-order valence-electron chi connectivity index (χ2n) is 6.29. The van der Waals surface area contributed by atoms with Gasteiger partial charge < -0.3 is 10.1 Å². The minimum atomic E-state index is 0.238. The van der Waals surface area contributed by atoms with Crippen molar-refractivity contribution in [3.05, 3.63) is 0 Å². The van der Waals surface area contributed by atoms with Gasteiger partial charge in [0.2, 0.25) is 0 Å². The lowest BCUT2D eigenvalue weighted by atomic mass is 9.94. The predicted molar refractivity (Wildman–Crippen MR) is 71.8 cm³/mol. The summed E-state index contributed by atoms with van der Waals surface area (Å²) < 4.78 is 5.74. The van der Waals surface area contributed by atoms with Gasteiger partial charge in [-0.1, -0.05) is 41.5 Å². The zero-order chi connectivity index (χ0) is 12.6. The van der Waals surface area contributed by atoms with Crippen molar-refractivity contribution in [1.82, 2.24) is 5.32 Å². The fourth-order valence-corrected chi connectivity index (χ4v) is 1.47. The molecule has 0 atom stereocenters. The van der Waals surface area contributed by atoms with Crippen molar-refractivity contribution in [3.8, 4) is 0 Å². The Bertz CT molecular complexity index is 164. The van der Waals surface area contributed by atoms with Crippen LogP contribution in [-0.4, -0.2) is 25.8 Å². The number of hydrogen-bond acceptors (Lipinski definition) is 2. The molecule has 0 radical (unpaired) electrons. The van der Waals surface area contributed by atoms with Crippen molar-refractivity contribution in [3.63, 3.8) is 0 Å². The van der Waals surface area contributed by atoms with Gasteiger partial charge in [0, 0.05) is 24.6 Å². The Hall–Kier alpha value is -0.0800. The molecule has 0 saturated heterocycles. The lowest BCUT2D eigenvalue weighted by Gasteiger charge is -2.26. The van der Waals surface area contributed by atoms with Gasteiger partial charge in [-0.15, -0.1) is 0 Å². The second kappa shape index (κ2) is 8.08. The highest BCUT2D eigenvalue weighted by atomic mass is 16.5. The fourth-order valence-electron chi connectivity index (χ4n) is 1.47. The lowest BCUT2D eigenvalue weighted by Crippen LogP contribution is -2.36. The van der Waals surface area contributed by atoms with Gasteiger partial charge >= 0.3 is 0 Å². The van der Waals surface area contributed by atoms with Crippen molar-refractivity contribution in [2.75, 3.05) is 19.8 Å². The molecule has 0 aromatic heterocycles. The molecule has 0 fully saturated rings. The highest BCUT2D eigenvalue weighted by Gasteiger charge is 2.17. The van der Waals surface area contributed by atoms with E-state index in [4.69, 9.17) is 4.74 Å². The third kappa shape index (κ3) is 10.4. The summed E-state index contributed by atoms with van der Waals surface area (Å²) in [5.74, 6) is 0.791. The van der Waals surface area contributed by atoms with Gasteiger partial charge in [0.05, 0.1) is 6.61 Å². The van der Waals surface area contributed by atoms with E-state index in [2.05, 4.69) is 46.9 Å². The maximum atomic E-state index is 5.74. The molecule has 0 heterocycles. The molecule has 2 nitrogen and oxygen atoms in total. The molecule has 0 unspecified atom stereocenters. The normalized spacial score (nSPS) is 12.8. The Labute approximate surface area is 102 Å². The van der Waals surface area contributed by atoms with Crippen LogP contribution in [0, 0.1) is 11.3 Å². The molecule has 0 aliphatic rings. The SMILES string of the molecule is CC(C)CCCOCC(C)(C)CNC(C)C. The molecule has 98 valence electrons. The van der Waals surface area contributed by atoms with Crippen LogP contribution in [0.25, 0.3) is 0 Å². The molecule has 0 spiro atoms. The largest absolute Gasteiger partial charge is 0.381 e. The van der Waals surface area contributed by atoms with Gasteiger partial charge in [-0.05, 0) is 18.8 Å². The van der Waals surface area contributed by atoms with Crippen LogP contribution in [0.3, 0.4) is 0 Å². The van der Waals surface area contributed by atoms with E-state index in [0.29, 0.717) is 6.04 Å². The molecule has 2 heteroatoms. The summed E-state index contributed by atoms with van der Waals surface area (Å²) in [4.78, 5) is 0. The molecule has 0 aromatic carbocycles. The minimum absolute atomic E-state index is 0.238. The summed E-state index contributed by atoms with van der Waals surface area (Å²) in [5, 5.41) is 3.46. The van der Waals surface area contributed by atoms with Crippen molar-refractivity contribution in [2.24, 2.45) is 11.3 Å². The summed E-state index contributed by atoms with van der Waals surface area (Å²) >= 11 is 0. The fraction of sp³-hybridized carbons (Fsp3) is 1.00. The predicted octanol–water partition coefficient (Wildman–Crippen LogP) is 3.46. The van der Waals surface area contributed by atoms with Gasteiger partial charge in [0.25, 0.3) is 0 Å². The topological polar surface area (TPSA) is 21.3 Å². The van der Waals surface area contributed by atoms with Crippen LogP contribution in [0.5, 0.6) is 0 Å². The van der Waals surface area contributed by atoms with E-state index in [9.17, 15) is 0 Å². The van der Waals surface area contributed by atoms with Gasteiger partial charge in [-0.3, -0.25) is 0 Å². The Morgan fingerprint density at radius 1 is 1.12 bits per heavy atom. The van der Waals surface area contributed by atoms with Crippen LogP contribution in [0.1, 0.15) is 54.4 Å². The first-order valence-electron chi connectivity index (χ1n) is 6.64. The van der Waals surface area contributed by atoms with E-state index in [1.165, 1.54) is 12.8 Å². The molecule has 0 aliphatic carbocycles. The second-order valence-corrected chi connectivity index (χ2v) is 6.29. The van der Waals surface area contributed by atoms with Crippen molar-refractivity contribution in [2.45, 2.75) is 60.4 Å². The number of hydrogen-bond donors (Lipinski definition) is 1. The molecule has 0 aromatic rings. The van der Waals surface area contributed by atoms with Crippen LogP contribution in [0.4, 0.5) is 0 Å². The zero-order valence-corrected chi connectivity index (χ0v) is 12.1. The number of nitrogens with one attached hydrogen (secondary N) is 1. The molecular formula is C14H31NO. The Morgan fingerprint density at radius 3 is 2.25 bits per heavy atom. The van der Waals surface area contributed by atoms with Crippen LogP contribution in [0.2, 0.25) is 0 Å². The van der Waals surface area contributed by atoms with Gasteiger partial charge in [-0.2, -0.15) is 0 Å². The van der Waals surface area contributed by atoms with E-state index < -0.39 is 0 Å². The number of ether oxygens (including phenoxy) is 1. The lowest BCUT2D eigenvalue weighted by molar-refractivity contribution is 0.0578. The molecule has 0 amide bonds. The summed E-state index contributed by atoms with van der Waals surface area (Å²) in [6, 6.07) is 0.556. The van der Waals surface area contributed by atoms with E-state index in [1.54, 1.807) is 0 Å². The summed E-state index contributed by atoms with van der Waals surface area (Å²) in [5.41, 5.74) is 0.238. The summed E-state index contributed by atoms with van der Waals surface area (Å²) in [6.45, 7) is 16.2. The highest BCUT2D eigenvalue weighted by molar-refractivity contribution is 4.72. The van der Waals surface area contributed by atoms with Crippen molar-refractivity contribution in [1.29, 1.82) is 0 Å². The first-order valence-corrected chi connectivity index (χ1v) is 6.64. The number of rotatable bonds is 9. The monoisotopic (exact) mass is 229 g/mol. The van der Waals surface area contributed by atoms with E-state index in [0.717, 1.165) is 25.7 Å². The van der Waals surface area contributed by atoms with E-state index >= 15 is 0 Å². The average Bonchev–Trinajstić information content (AvgIpc) is 2.14.